The lowest BCUT2D eigenvalue weighted by molar-refractivity contribution is 0.399. The molecule has 0 fully saturated rings. The van der Waals surface area contributed by atoms with Crippen LogP contribution in [0.25, 0.3) is 0 Å². The summed E-state index contributed by atoms with van der Waals surface area (Å²) in [7, 11) is 2.62. The summed E-state index contributed by atoms with van der Waals surface area (Å²) in [6.07, 6.45) is 4.38. The number of benzene rings is 2. The molecule has 0 atom stereocenters. The minimum absolute atomic E-state index is 0.834. The van der Waals surface area contributed by atoms with Crippen LogP contribution < -0.4 is 9.47 Å². The molecule has 1 aliphatic heterocycles. The van der Waals surface area contributed by atoms with Crippen molar-refractivity contribution in [3.05, 3.63) is 72.1 Å². The number of para-hydroxylation sites is 2. The summed E-state index contributed by atoms with van der Waals surface area (Å²) in [5.74, 6) is 1.90. The Morgan fingerprint density at radius 2 is 1.17 bits per heavy atom. The van der Waals surface area contributed by atoms with Crippen LogP contribution in [0.4, 0.5) is 0 Å². The summed E-state index contributed by atoms with van der Waals surface area (Å²) < 4.78 is 15.8. The topological polar surface area (TPSA) is 24.9 Å². The lowest BCUT2D eigenvalue weighted by Gasteiger charge is -2.28. The SMILES string of the molecule is COc1ccccc1CN1C=CN(Cc2ccccc2OC)[Si]1C. The van der Waals surface area contributed by atoms with Crippen molar-refractivity contribution in [3.63, 3.8) is 0 Å². The molecule has 0 saturated carbocycles. The number of ether oxygens (including phenoxy) is 2. The molecular weight excluding hydrogens is 316 g/mol. The second-order valence-electron chi connectivity index (χ2n) is 5.72. The lowest BCUT2D eigenvalue weighted by atomic mass is 10.2. The van der Waals surface area contributed by atoms with Gasteiger partial charge in [-0.05, 0) is 18.7 Å². The Hall–Kier alpha value is -2.40. The van der Waals surface area contributed by atoms with Crippen molar-refractivity contribution in [1.29, 1.82) is 0 Å². The summed E-state index contributed by atoms with van der Waals surface area (Å²) in [5.41, 5.74) is 2.43. The van der Waals surface area contributed by atoms with Gasteiger partial charge in [0.1, 0.15) is 11.5 Å². The molecule has 0 saturated heterocycles. The largest absolute Gasteiger partial charge is 0.496 e. The fraction of sp³-hybridized carbons (Fsp3) is 0.263. The maximum Gasteiger partial charge on any atom is 0.294 e. The predicted octanol–water partition coefficient (Wildman–Crippen LogP) is 3.61. The summed E-state index contributed by atoms with van der Waals surface area (Å²) in [5, 5.41) is 0. The van der Waals surface area contributed by atoms with Crippen LogP contribution in [-0.4, -0.2) is 32.5 Å². The molecule has 0 amide bonds. The van der Waals surface area contributed by atoms with Gasteiger partial charge in [0.15, 0.2) is 0 Å². The van der Waals surface area contributed by atoms with Gasteiger partial charge in [0.05, 0.1) is 14.2 Å². The van der Waals surface area contributed by atoms with Crippen LogP contribution in [0.1, 0.15) is 11.1 Å². The minimum atomic E-state index is -0.834. The molecule has 3 rings (SSSR count). The molecule has 0 aliphatic carbocycles. The van der Waals surface area contributed by atoms with Crippen LogP contribution in [0.3, 0.4) is 0 Å². The minimum Gasteiger partial charge on any atom is -0.496 e. The van der Waals surface area contributed by atoms with Crippen LogP contribution in [0.2, 0.25) is 6.55 Å². The van der Waals surface area contributed by atoms with Crippen molar-refractivity contribution in [1.82, 2.24) is 9.13 Å². The number of rotatable bonds is 6. The molecule has 0 bridgehead atoms. The van der Waals surface area contributed by atoms with Gasteiger partial charge >= 0.3 is 0 Å². The zero-order chi connectivity index (χ0) is 16.9. The maximum absolute atomic E-state index is 5.47. The highest BCUT2D eigenvalue weighted by Crippen LogP contribution is 2.25. The summed E-state index contributed by atoms with van der Waals surface area (Å²) in [4.78, 5) is 0. The summed E-state index contributed by atoms with van der Waals surface area (Å²) >= 11 is 0. The van der Waals surface area contributed by atoms with Gasteiger partial charge in [-0.15, -0.1) is 0 Å². The third kappa shape index (κ3) is 3.41. The molecule has 0 spiro atoms. The van der Waals surface area contributed by atoms with E-state index in [1.54, 1.807) is 14.2 Å². The standard InChI is InChI=1S/C19H23N2O2Si/c1-22-18-10-6-4-8-16(18)14-20-12-13-21(24(20)3)15-17-9-5-7-11-19(17)23-2/h4-13H,14-15H2,1-3H3. The molecule has 5 heteroatoms. The number of hydrogen-bond donors (Lipinski definition) is 0. The Morgan fingerprint density at radius 3 is 1.58 bits per heavy atom. The first-order valence-electron chi connectivity index (χ1n) is 8.02. The lowest BCUT2D eigenvalue weighted by Crippen LogP contribution is -2.40. The van der Waals surface area contributed by atoms with Crippen molar-refractivity contribution in [2.75, 3.05) is 14.2 Å². The first kappa shape index (κ1) is 16.5. The van der Waals surface area contributed by atoms with E-state index in [2.05, 4.69) is 52.3 Å². The Balaban J connectivity index is 1.69. The molecule has 1 radical (unpaired) electrons. The molecule has 1 heterocycles. The average molecular weight is 339 g/mol. The molecule has 24 heavy (non-hydrogen) atoms. The molecule has 0 aromatic heterocycles. The van der Waals surface area contributed by atoms with E-state index in [4.69, 9.17) is 9.47 Å². The molecular formula is C19H23N2O2Si. The molecule has 0 N–H and O–H groups in total. The Labute approximate surface area is 145 Å². The highest BCUT2D eigenvalue weighted by Gasteiger charge is 2.26. The van der Waals surface area contributed by atoms with E-state index in [1.165, 1.54) is 11.1 Å². The first-order chi connectivity index (χ1) is 11.7. The first-order valence-corrected chi connectivity index (χ1v) is 9.91. The van der Waals surface area contributed by atoms with E-state index >= 15 is 0 Å². The molecule has 2 aromatic carbocycles. The highest BCUT2D eigenvalue weighted by atomic mass is 28.3. The van der Waals surface area contributed by atoms with E-state index < -0.39 is 9.12 Å². The Morgan fingerprint density at radius 1 is 0.750 bits per heavy atom. The molecule has 4 nitrogen and oxygen atoms in total. The van der Waals surface area contributed by atoms with E-state index in [1.807, 2.05) is 24.3 Å². The van der Waals surface area contributed by atoms with Crippen LogP contribution in [-0.2, 0) is 13.1 Å². The monoisotopic (exact) mass is 339 g/mol. The van der Waals surface area contributed by atoms with Crippen molar-refractivity contribution in [3.8, 4) is 11.5 Å². The Bertz CT molecular complexity index is 661. The van der Waals surface area contributed by atoms with Gasteiger partial charge in [0.25, 0.3) is 9.12 Å². The highest BCUT2D eigenvalue weighted by molar-refractivity contribution is 6.52. The van der Waals surface area contributed by atoms with Gasteiger partial charge < -0.3 is 18.6 Å². The normalized spacial score (nSPS) is 14.3. The second-order valence-corrected chi connectivity index (χ2v) is 7.97. The smallest absolute Gasteiger partial charge is 0.294 e. The van der Waals surface area contributed by atoms with Crippen molar-refractivity contribution < 1.29 is 9.47 Å². The van der Waals surface area contributed by atoms with Crippen LogP contribution in [0, 0.1) is 0 Å². The van der Waals surface area contributed by atoms with Crippen LogP contribution in [0.15, 0.2) is 60.9 Å². The maximum atomic E-state index is 5.47. The van der Waals surface area contributed by atoms with E-state index in [0.717, 1.165) is 24.6 Å². The second kappa shape index (κ2) is 7.44. The fourth-order valence-electron chi connectivity index (χ4n) is 2.91. The van der Waals surface area contributed by atoms with Gasteiger partial charge in [0.2, 0.25) is 0 Å². The van der Waals surface area contributed by atoms with Gasteiger partial charge in [0, 0.05) is 36.6 Å². The quantitative estimate of drug-likeness (QED) is 0.751. The number of hydrogen-bond acceptors (Lipinski definition) is 4. The van der Waals surface area contributed by atoms with Gasteiger partial charge in [-0.3, -0.25) is 0 Å². The fourth-order valence-corrected chi connectivity index (χ4v) is 4.60. The van der Waals surface area contributed by atoms with Gasteiger partial charge in [-0.1, -0.05) is 36.4 Å². The zero-order valence-corrected chi connectivity index (χ0v) is 15.4. The van der Waals surface area contributed by atoms with Crippen molar-refractivity contribution in [2.24, 2.45) is 0 Å². The van der Waals surface area contributed by atoms with Crippen LogP contribution >= 0.6 is 0 Å². The average Bonchev–Trinajstić information content (AvgIpc) is 2.96. The Kier molecular flexibility index (Phi) is 5.10. The molecule has 0 unspecified atom stereocenters. The zero-order valence-electron chi connectivity index (χ0n) is 14.4. The molecule has 125 valence electrons. The predicted molar refractivity (Wildman–Crippen MR) is 97.8 cm³/mol. The summed E-state index contributed by atoms with van der Waals surface area (Å²) in [6, 6.07) is 16.4. The van der Waals surface area contributed by atoms with Crippen molar-refractivity contribution in [2.45, 2.75) is 19.6 Å². The van der Waals surface area contributed by atoms with Crippen LogP contribution in [0.5, 0.6) is 11.5 Å². The number of nitrogens with zero attached hydrogens (tertiary/aromatic N) is 2. The molecule has 1 aliphatic rings. The third-order valence-corrected chi connectivity index (χ3v) is 6.60. The van der Waals surface area contributed by atoms with E-state index in [0.29, 0.717) is 0 Å². The summed E-state index contributed by atoms with van der Waals surface area (Å²) in [6.45, 7) is 4.05. The number of methoxy groups -OCH3 is 2. The van der Waals surface area contributed by atoms with Gasteiger partial charge in [-0.25, -0.2) is 0 Å². The molecule has 2 aromatic rings. The van der Waals surface area contributed by atoms with Gasteiger partial charge in [-0.2, -0.15) is 0 Å². The van der Waals surface area contributed by atoms with E-state index in [-0.39, 0.29) is 0 Å². The van der Waals surface area contributed by atoms with Crippen molar-refractivity contribution >= 4 is 9.12 Å². The van der Waals surface area contributed by atoms with E-state index in [9.17, 15) is 0 Å². The third-order valence-electron chi connectivity index (χ3n) is 4.32.